The Bertz CT molecular complexity index is 776. The number of aryl methyl sites for hydroxylation is 1. The van der Waals surface area contributed by atoms with Crippen LogP contribution in [-0.4, -0.2) is 28.2 Å². The maximum absolute atomic E-state index is 12.4. The third-order valence-corrected chi connectivity index (χ3v) is 4.57. The smallest absolute Gasteiger partial charge is 0.251 e. The number of ether oxygens (including phenoxy) is 1. The van der Waals surface area contributed by atoms with Crippen LogP contribution < -0.4 is 15.6 Å². The molecule has 0 radical (unpaired) electrons. The predicted octanol–water partition coefficient (Wildman–Crippen LogP) is 3.24. The number of thioether (sulfide) groups is 1. The summed E-state index contributed by atoms with van der Waals surface area (Å²) in [5, 5.41) is 2.88. The summed E-state index contributed by atoms with van der Waals surface area (Å²) in [7, 11) is 1.56. The quantitative estimate of drug-likeness (QED) is 0.557. The molecule has 1 unspecified atom stereocenters. The number of nitrogens with zero attached hydrogens (tertiary/aromatic N) is 1. The summed E-state index contributed by atoms with van der Waals surface area (Å²) in [5.74, 6) is 0.414. The van der Waals surface area contributed by atoms with Crippen molar-refractivity contribution in [1.82, 2.24) is 9.97 Å². The number of nitrogens with one attached hydrogen (secondary N) is 2. The molecule has 1 amide bonds. The topological polar surface area (TPSA) is 84.1 Å². The molecule has 0 saturated heterocycles. The summed E-state index contributed by atoms with van der Waals surface area (Å²) in [5.41, 5.74) is 1.17. The van der Waals surface area contributed by atoms with Gasteiger partial charge in [0.25, 0.3) is 5.56 Å². The van der Waals surface area contributed by atoms with Gasteiger partial charge in [0.05, 0.1) is 18.0 Å². The van der Waals surface area contributed by atoms with Crippen LogP contribution in [0.15, 0.2) is 40.3 Å². The van der Waals surface area contributed by atoms with Crippen molar-refractivity contribution < 1.29 is 9.53 Å². The van der Waals surface area contributed by atoms with Gasteiger partial charge in [-0.15, -0.1) is 0 Å². The molecular formula is C18H23N3O3S. The second kappa shape index (κ2) is 9.27. The van der Waals surface area contributed by atoms with Gasteiger partial charge in [-0.2, -0.15) is 0 Å². The monoisotopic (exact) mass is 361 g/mol. The van der Waals surface area contributed by atoms with Crippen molar-refractivity contribution in [3.8, 4) is 5.75 Å². The summed E-state index contributed by atoms with van der Waals surface area (Å²) in [6, 6.07) is 8.73. The number of anilines is 1. The van der Waals surface area contributed by atoms with E-state index in [4.69, 9.17) is 4.74 Å². The van der Waals surface area contributed by atoms with Crippen LogP contribution in [0.3, 0.4) is 0 Å². The first-order valence-corrected chi connectivity index (χ1v) is 9.12. The highest BCUT2D eigenvalue weighted by Crippen LogP contribution is 2.25. The van der Waals surface area contributed by atoms with E-state index in [1.54, 1.807) is 26.2 Å². The van der Waals surface area contributed by atoms with Gasteiger partial charge in [0, 0.05) is 11.8 Å². The summed E-state index contributed by atoms with van der Waals surface area (Å²) < 4.78 is 5.23. The van der Waals surface area contributed by atoms with Crippen molar-refractivity contribution >= 4 is 23.4 Å². The van der Waals surface area contributed by atoms with Gasteiger partial charge in [-0.25, -0.2) is 4.98 Å². The third kappa shape index (κ3) is 5.63. The molecule has 1 aromatic carbocycles. The van der Waals surface area contributed by atoms with Crippen LogP contribution in [-0.2, 0) is 11.2 Å². The zero-order valence-electron chi connectivity index (χ0n) is 14.7. The summed E-state index contributed by atoms with van der Waals surface area (Å²) >= 11 is 1.23. The SMILES string of the molecule is CCCCc1cc(=O)[nH]c(SC(C)C(=O)Nc2ccccc2OC)n1. The van der Waals surface area contributed by atoms with E-state index in [1.165, 1.54) is 17.8 Å². The fourth-order valence-corrected chi connectivity index (χ4v) is 3.06. The number of hydrogen-bond donors (Lipinski definition) is 2. The Morgan fingerprint density at radius 3 is 2.88 bits per heavy atom. The summed E-state index contributed by atoms with van der Waals surface area (Å²) in [6.45, 7) is 3.86. The minimum atomic E-state index is -0.422. The third-order valence-electron chi connectivity index (χ3n) is 3.58. The second-order valence-electron chi connectivity index (χ2n) is 5.60. The normalized spacial score (nSPS) is 11.8. The molecule has 0 bridgehead atoms. The predicted molar refractivity (Wildman–Crippen MR) is 100 cm³/mol. The Morgan fingerprint density at radius 2 is 2.16 bits per heavy atom. The lowest BCUT2D eigenvalue weighted by Gasteiger charge is -2.14. The number of benzene rings is 1. The highest BCUT2D eigenvalue weighted by Gasteiger charge is 2.17. The van der Waals surface area contributed by atoms with E-state index in [-0.39, 0.29) is 11.5 Å². The van der Waals surface area contributed by atoms with Gasteiger partial charge in [0.2, 0.25) is 5.91 Å². The first-order valence-electron chi connectivity index (χ1n) is 8.24. The largest absolute Gasteiger partial charge is 0.495 e. The lowest BCUT2D eigenvalue weighted by atomic mass is 10.2. The number of carbonyl (C=O) groups excluding carboxylic acids is 1. The zero-order chi connectivity index (χ0) is 18.2. The summed E-state index contributed by atoms with van der Waals surface area (Å²) in [6.07, 6.45) is 2.77. The Labute approximate surface area is 151 Å². The van der Waals surface area contributed by atoms with Gasteiger partial charge in [-0.1, -0.05) is 37.2 Å². The fourth-order valence-electron chi connectivity index (χ4n) is 2.23. The molecule has 6 nitrogen and oxygen atoms in total. The molecule has 0 aliphatic heterocycles. The molecule has 134 valence electrons. The van der Waals surface area contributed by atoms with E-state index in [0.717, 1.165) is 25.0 Å². The molecule has 1 aromatic heterocycles. The number of rotatable bonds is 8. The summed E-state index contributed by atoms with van der Waals surface area (Å²) in [4.78, 5) is 31.3. The number of H-pyrrole nitrogens is 1. The standard InChI is InChI=1S/C18H23N3O3S/c1-4-5-8-13-11-16(22)21-18(19-13)25-12(2)17(23)20-14-9-6-7-10-15(14)24-3/h6-7,9-12H,4-5,8H2,1-3H3,(H,20,23)(H,19,21,22). The van der Waals surface area contributed by atoms with Gasteiger partial charge in [0.15, 0.2) is 5.16 Å². The van der Waals surface area contributed by atoms with Crippen molar-refractivity contribution in [3.05, 3.63) is 46.4 Å². The molecular weight excluding hydrogens is 338 g/mol. The lowest BCUT2D eigenvalue weighted by molar-refractivity contribution is -0.115. The van der Waals surface area contributed by atoms with E-state index in [9.17, 15) is 9.59 Å². The van der Waals surface area contributed by atoms with Crippen LogP contribution >= 0.6 is 11.8 Å². The fraction of sp³-hybridized carbons (Fsp3) is 0.389. The number of aromatic amines is 1. The molecule has 2 aromatic rings. The number of methoxy groups -OCH3 is 1. The second-order valence-corrected chi connectivity index (χ2v) is 6.92. The molecule has 1 atom stereocenters. The first-order chi connectivity index (χ1) is 12.0. The molecule has 0 aliphatic carbocycles. The minimum Gasteiger partial charge on any atom is -0.495 e. The van der Waals surface area contributed by atoms with Crippen LogP contribution in [0, 0.1) is 0 Å². The number of amides is 1. The van der Waals surface area contributed by atoms with Gasteiger partial charge in [-0.3, -0.25) is 9.59 Å². The van der Waals surface area contributed by atoms with Crippen LogP contribution in [0.1, 0.15) is 32.4 Å². The maximum Gasteiger partial charge on any atom is 0.251 e. The number of carbonyl (C=O) groups is 1. The first kappa shape index (κ1) is 19.1. The Kier molecular flexibility index (Phi) is 7.06. The van der Waals surface area contributed by atoms with Gasteiger partial charge < -0.3 is 15.0 Å². The Hall–Kier alpha value is -2.28. The highest BCUT2D eigenvalue weighted by molar-refractivity contribution is 8.00. The molecule has 0 fully saturated rings. The molecule has 7 heteroatoms. The van der Waals surface area contributed by atoms with Crippen LogP contribution in [0.2, 0.25) is 0 Å². The van der Waals surface area contributed by atoms with Crippen LogP contribution in [0.25, 0.3) is 0 Å². The van der Waals surface area contributed by atoms with E-state index >= 15 is 0 Å². The maximum atomic E-state index is 12.4. The minimum absolute atomic E-state index is 0.184. The molecule has 2 N–H and O–H groups in total. The Morgan fingerprint density at radius 1 is 1.40 bits per heavy atom. The average molecular weight is 361 g/mol. The molecule has 1 heterocycles. The Balaban J connectivity index is 2.05. The number of unbranched alkanes of at least 4 members (excludes halogenated alkanes) is 1. The van der Waals surface area contributed by atoms with Crippen molar-refractivity contribution in [2.45, 2.75) is 43.5 Å². The van der Waals surface area contributed by atoms with E-state index in [2.05, 4.69) is 22.2 Å². The molecule has 0 spiro atoms. The highest BCUT2D eigenvalue weighted by atomic mass is 32.2. The van der Waals surface area contributed by atoms with E-state index < -0.39 is 5.25 Å². The molecule has 0 saturated carbocycles. The van der Waals surface area contributed by atoms with Crippen LogP contribution in [0.5, 0.6) is 5.75 Å². The number of aromatic nitrogens is 2. The van der Waals surface area contributed by atoms with Gasteiger partial charge in [-0.05, 0) is 31.9 Å². The van der Waals surface area contributed by atoms with Crippen LogP contribution in [0.4, 0.5) is 5.69 Å². The molecule has 0 aliphatic rings. The number of para-hydroxylation sites is 2. The molecule has 2 rings (SSSR count). The van der Waals surface area contributed by atoms with Crippen molar-refractivity contribution in [3.63, 3.8) is 0 Å². The van der Waals surface area contributed by atoms with E-state index in [0.29, 0.717) is 16.6 Å². The van der Waals surface area contributed by atoms with E-state index in [1.807, 2.05) is 12.1 Å². The average Bonchev–Trinajstić information content (AvgIpc) is 2.59. The number of hydrogen-bond acceptors (Lipinski definition) is 5. The zero-order valence-corrected chi connectivity index (χ0v) is 15.5. The van der Waals surface area contributed by atoms with Crippen molar-refractivity contribution in [2.75, 3.05) is 12.4 Å². The van der Waals surface area contributed by atoms with Crippen molar-refractivity contribution in [2.24, 2.45) is 0 Å². The lowest BCUT2D eigenvalue weighted by Crippen LogP contribution is -2.23. The molecule has 25 heavy (non-hydrogen) atoms. The van der Waals surface area contributed by atoms with Gasteiger partial charge in [0.1, 0.15) is 5.75 Å². The van der Waals surface area contributed by atoms with Gasteiger partial charge >= 0.3 is 0 Å². The van der Waals surface area contributed by atoms with Crippen molar-refractivity contribution in [1.29, 1.82) is 0 Å².